The second-order valence-corrected chi connectivity index (χ2v) is 4.43. The van der Waals surface area contributed by atoms with Gasteiger partial charge in [0.25, 0.3) is 0 Å². The average molecular weight is 250 g/mol. The Hall–Kier alpha value is -1.55. The van der Waals surface area contributed by atoms with Crippen LogP contribution in [0.4, 0.5) is 0 Å². The van der Waals surface area contributed by atoms with Gasteiger partial charge in [0, 0.05) is 12.5 Å². The third kappa shape index (κ3) is 4.37. The fourth-order valence-electron chi connectivity index (χ4n) is 1.66. The molecule has 3 N–H and O–H groups in total. The van der Waals surface area contributed by atoms with E-state index in [-0.39, 0.29) is 18.0 Å². The van der Waals surface area contributed by atoms with Crippen LogP contribution in [0, 0.1) is 0 Å². The van der Waals surface area contributed by atoms with Crippen molar-refractivity contribution in [3.63, 3.8) is 0 Å². The molecule has 1 amide bonds. The van der Waals surface area contributed by atoms with Gasteiger partial charge in [0.15, 0.2) is 0 Å². The summed E-state index contributed by atoms with van der Waals surface area (Å²) in [7, 11) is 1.63. The summed E-state index contributed by atoms with van der Waals surface area (Å²) in [4.78, 5) is 11.7. The highest BCUT2D eigenvalue weighted by molar-refractivity contribution is 5.77. The van der Waals surface area contributed by atoms with E-state index in [9.17, 15) is 4.79 Å². The van der Waals surface area contributed by atoms with Crippen LogP contribution in [-0.4, -0.2) is 19.1 Å². The number of benzene rings is 1. The molecular formula is C14H22N2O2. The Labute approximate surface area is 109 Å². The molecule has 0 saturated heterocycles. The fraction of sp³-hybridized carbons (Fsp3) is 0.500. The lowest BCUT2D eigenvalue weighted by Crippen LogP contribution is -2.32. The number of rotatable bonds is 6. The summed E-state index contributed by atoms with van der Waals surface area (Å²) < 4.78 is 5.09. The predicted octanol–water partition coefficient (Wildman–Crippen LogP) is 2.00. The van der Waals surface area contributed by atoms with Gasteiger partial charge in [-0.1, -0.05) is 19.1 Å². The Bertz CT molecular complexity index is 376. The summed E-state index contributed by atoms with van der Waals surface area (Å²) in [6.07, 6.45) is 1.18. The molecule has 2 unspecified atom stereocenters. The summed E-state index contributed by atoms with van der Waals surface area (Å²) in [5, 5.41) is 2.94. The molecule has 0 heterocycles. The first kappa shape index (κ1) is 14.5. The van der Waals surface area contributed by atoms with Gasteiger partial charge >= 0.3 is 0 Å². The van der Waals surface area contributed by atoms with Crippen LogP contribution in [0.3, 0.4) is 0 Å². The van der Waals surface area contributed by atoms with Gasteiger partial charge in [-0.2, -0.15) is 0 Å². The highest BCUT2D eigenvalue weighted by Gasteiger charge is 2.12. The van der Waals surface area contributed by atoms with E-state index in [0.29, 0.717) is 6.42 Å². The lowest BCUT2D eigenvalue weighted by Gasteiger charge is -2.16. The molecule has 100 valence electrons. The molecule has 2 atom stereocenters. The van der Waals surface area contributed by atoms with Gasteiger partial charge in [0.2, 0.25) is 5.91 Å². The Morgan fingerprint density at radius 1 is 1.39 bits per heavy atom. The highest BCUT2D eigenvalue weighted by atomic mass is 16.5. The zero-order valence-electron chi connectivity index (χ0n) is 11.3. The van der Waals surface area contributed by atoms with Gasteiger partial charge < -0.3 is 15.8 Å². The summed E-state index contributed by atoms with van der Waals surface area (Å²) in [5.41, 5.74) is 6.80. The first-order valence-electron chi connectivity index (χ1n) is 6.25. The standard InChI is InChI=1S/C14H22N2O2/c1-4-12(15)9-14(17)16-10(2)11-5-7-13(18-3)8-6-11/h5-8,10,12H,4,9,15H2,1-3H3,(H,16,17). The van der Waals surface area contributed by atoms with Crippen molar-refractivity contribution in [3.05, 3.63) is 29.8 Å². The molecule has 0 saturated carbocycles. The molecule has 1 rings (SSSR count). The molecule has 18 heavy (non-hydrogen) atoms. The van der Waals surface area contributed by atoms with Crippen molar-refractivity contribution in [2.75, 3.05) is 7.11 Å². The van der Waals surface area contributed by atoms with Crippen molar-refractivity contribution in [1.82, 2.24) is 5.32 Å². The van der Waals surface area contributed by atoms with Gasteiger partial charge in [-0.25, -0.2) is 0 Å². The Morgan fingerprint density at radius 3 is 2.50 bits per heavy atom. The van der Waals surface area contributed by atoms with Crippen LogP contribution in [-0.2, 0) is 4.79 Å². The molecule has 0 aliphatic rings. The largest absolute Gasteiger partial charge is 0.497 e. The summed E-state index contributed by atoms with van der Waals surface area (Å²) in [5.74, 6) is 0.804. The second-order valence-electron chi connectivity index (χ2n) is 4.43. The van der Waals surface area contributed by atoms with Crippen LogP contribution in [0.15, 0.2) is 24.3 Å². The maximum Gasteiger partial charge on any atom is 0.222 e. The summed E-state index contributed by atoms with van der Waals surface area (Å²) in [6, 6.07) is 7.58. The number of hydrogen-bond donors (Lipinski definition) is 2. The molecule has 0 fully saturated rings. The van der Waals surface area contributed by atoms with Crippen LogP contribution in [0.1, 0.15) is 38.3 Å². The molecule has 0 bridgehead atoms. The monoisotopic (exact) mass is 250 g/mol. The number of carbonyl (C=O) groups is 1. The average Bonchev–Trinajstić information content (AvgIpc) is 2.38. The zero-order chi connectivity index (χ0) is 13.5. The van der Waals surface area contributed by atoms with Gasteiger partial charge in [0.05, 0.1) is 13.2 Å². The third-order valence-corrected chi connectivity index (χ3v) is 2.97. The molecule has 0 aliphatic heterocycles. The number of carbonyl (C=O) groups excluding carboxylic acids is 1. The fourth-order valence-corrected chi connectivity index (χ4v) is 1.66. The number of methoxy groups -OCH3 is 1. The molecule has 0 radical (unpaired) electrons. The van der Waals surface area contributed by atoms with Crippen LogP contribution in [0.5, 0.6) is 5.75 Å². The Balaban J connectivity index is 2.53. The van der Waals surface area contributed by atoms with E-state index in [1.807, 2.05) is 38.1 Å². The SMILES string of the molecule is CCC(N)CC(=O)NC(C)c1ccc(OC)cc1. The van der Waals surface area contributed by atoms with Crippen LogP contribution in [0.25, 0.3) is 0 Å². The van der Waals surface area contributed by atoms with Crippen molar-refractivity contribution < 1.29 is 9.53 Å². The van der Waals surface area contributed by atoms with Crippen LogP contribution < -0.4 is 15.8 Å². The summed E-state index contributed by atoms with van der Waals surface area (Å²) >= 11 is 0. The lowest BCUT2D eigenvalue weighted by atomic mass is 10.1. The highest BCUT2D eigenvalue weighted by Crippen LogP contribution is 2.17. The first-order chi connectivity index (χ1) is 8.56. The van der Waals surface area contributed by atoms with Crippen molar-refractivity contribution in [2.45, 2.75) is 38.8 Å². The van der Waals surface area contributed by atoms with Crippen molar-refractivity contribution in [3.8, 4) is 5.75 Å². The van der Waals surface area contributed by atoms with E-state index < -0.39 is 0 Å². The Morgan fingerprint density at radius 2 is 2.00 bits per heavy atom. The molecule has 0 aromatic heterocycles. The number of nitrogens with one attached hydrogen (secondary N) is 1. The van der Waals surface area contributed by atoms with E-state index >= 15 is 0 Å². The lowest BCUT2D eigenvalue weighted by molar-refractivity contribution is -0.122. The van der Waals surface area contributed by atoms with E-state index in [1.165, 1.54) is 0 Å². The number of ether oxygens (including phenoxy) is 1. The minimum atomic E-state index is -0.0620. The number of amides is 1. The van der Waals surface area contributed by atoms with Gasteiger partial charge in [-0.3, -0.25) is 4.79 Å². The predicted molar refractivity (Wildman–Crippen MR) is 72.4 cm³/mol. The molecule has 1 aromatic carbocycles. The van der Waals surface area contributed by atoms with E-state index in [2.05, 4.69) is 5.32 Å². The van der Waals surface area contributed by atoms with Gasteiger partial charge in [-0.15, -0.1) is 0 Å². The van der Waals surface area contributed by atoms with Crippen molar-refractivity contribution in [1.29, 1.82) is 0 Å². The number of nitrogens with two attached hydrogens (primary N) is 1. The third-order valence-electron chi connectivity index (χ3n) is 2.97. The maximum absolute atomic E-state index is 11.7. The van der Waals surface area contributed by atoms with Crippen LogP contribution in [0.2, 0.25) is 0 Å². The van der Waals surface area contributed by atoms with Gasteiger partial charge in [0.1, 0.15) is 5.75 Å². The number of hydrogen-bond acceptors (Lipinski definition) is 3. The quantitative estimate of drug-likeness (QED) is 0.811. The molecular weight excluding hydrogens is 228 g/mol. The van der Waals surface area contributed by atoms with E-state index in [0.717, 1.165) is 17.7 Å². The zero-order valence-corrected chi connectivity index (χ0v) is 11.3. The molecule has 4 heteroatoms. The smallest absolute Gasteiger partial charge is 0.222 e. The van der Waals surface area contributed by atoms with Crippen LogP contribution >= 0.6 is 0 Å². The molecule has 4 nitrogen and oxygen atoms in total. The van der Waals surface area contributed by atoms with Crippen molar-refractivity contribution in [2.24, 2.45) is 5.73 Å². The molecule has 0 spiro atoms. The topological polar surface area (TPSA) is 64.4 Å². The maximum atomic E-state index is 11.7. The van der Waals surface area contributed by atoms with Gasteiger partial charge in [-0.05, 0) is 31.0 Å². The molecule has 1 aromatic rings. The normalized spacial score (nSPS) is 13.8. The van der Waals surface area contributed by atoms with Crippen molar-refractivity contribution >= 4 is 5.91 Å². The van der Waals surface area contributed by atoms with E-state index in [4.69, 9.17) is 10.5 Å². The summed E-state index contributed by atoms with van der Waals surface area (Å²) in [6.45, 7) is 3.93. The first-order valence-corrected chi connectivity index (χ1v) is 6.25. The molecule has 0 aliphatic carbocycles. The minimum absolute atomic E-state index is 0.00679. The Kier molecular flexibility index (Phi) is 5.65. The van der Waals surface area contributed by atoms with E-state index in [1.54, 1.807) is 7.11 Å². The second kappa shape index (κ2) is 7.01. The minimum Gasteiger partial charge on any atom is -0.497 e.